The normalized spacial score (nSPS) is 12.0. The predicted molar refractivity (Wildman–Crippen MR) is 76.2 cm³/mol. The molecule has 1 unspecified atom stereocenters. The average Bonchev–Trinajstić information content (AvgIpc) is 2.45. The van der Waals surface area contributed by atoms with E-state index < -0.39 is 11.9 Å². The molecule has 1 heterocycles. The Morgan fingerprint density at radius 1 is 1.16 bits per heavy atom. The van der Waals surface area contributed by atoms with Gasteiger partial charge in [-0.2, -0.15) is 0 Å². The van der Waals surface area contributed by atoms with Crippen LogP contribution < -0.4 is 0 Å². The summed E-state index contributed by atoms with van der Waals surface area (Å²) in [5, 5.41) is 10.1. The first-order valence-corrected chi connectivity index (χ1v) is 7.05. The number of carboxylic acid groups (broad SMARTS) is 1. The standard InChI is InChI=1S/C15H15NO2S/c17-15(18)13(10-12-6-2-1-3-7-12)11-19-14-8-4-5-9-16-14/h1-9,13H,10-11H2,(H,17,18). The van der Waals surface area contributed by atoms with Gasteiger partial charge in [0, 0.05) is 11.9 Å². The summed E-state index contributed by atoms with van der Waals surface area (Å²) in [4.78, 5) is 15.5. The zero-order chi connectivity index (χ0) is 13.5. The second kappa shape index (κ2) is 6.95. The van der Waals surface area contributed by atoms with Gasteiger partial charge in [0.25, 0.3) is 0 Å². The number of hydrogen-bond acceptors (Lipinski definition) is 3. The fourth-order valence-electron chi connectivity index (χ4n) is 1.73. The monoisotopic (exact) mass is 273 g/mol. The molecule has 0 radical (unpaired) electrons. The van der Waals surface area contributed by atoms with Crippen LogP contribution in [0.1, 0.15) is 5.56 Å². The molecule has 19 heavy (non-hydrogen) atoms. The summed E-state index contributed by atoms with van der Waals surface area (Å²) in [5.41, 5.74) is 1.05. The Bertz CT molecular complexity index is 516. The summed E-state index contributed by atoms with van der Waals surface area (Å²) in [5.74, 6) is -0.622. The summed E-state index contributed by atoms with van der Waals surface area (Å²) in [7, 11) is 0. The summed E-state index contributed by atoms with van der Waals surface area (Å²) in [6, 6.07) is 15.4. The summed E-state index contributed by atoms with van der Waals surface area (Å²) >= 11 is 1.48. The fourth-order valence-corrected chi connectivity index (χ4v) is 2.68. The molecule has 0 saturated heterocycles. The third-order valence-electron chi connectivity index (χ3n) is 2.74. The minimum absolute atomic E-state index is 0.394. The van der Waals surface area contributed by atoms with Crippen molar-refractivity contribution in [2.45, 2.75) is 11.4 Å². The van der Waals surface area contributed by atoms with E-state index in [9.17, 15) is 9.90 Å². The van der Waals surface area contributed by atoms with Crippen LogP contribution in [-0.2, 0) is 11.2 Å². The number of aromatic nitrogens is 1. The van der Waals surface area contributed by atoms with Crippen LogP contribution in [0.25, 0.3) is 0 Å². The Kier molecular flexibility index (Phi) is 4.98. The van der Waals surface area contributed by atoms with E-state index in [-0.39, 0.29) is 0 Å². The zero-order valence-corrected chi connectivity index (χ0v) is 11.2. The van der Waals surface area contributed by atoms with E-state index in [0.717, 1.165) is 10.6 Å². The molecule has 3 nitrogen and oxygen atoms in total. The summed E-state index contributed by atoms with van der Waals surface area (Å²) < 4.78 is 0. The maximum Gasteiger partial charge on any atom is 0.307 e. The number of carbonyl (C=O) groups is 1. The molecular formula is C15H15NO2S. The van der Waals surface area contributed by atoms with Crippen molar-refractivity contribution in [2.75, 3.05) is 5.75 Å². The Labute approximate surface area is 116 Å². The zero-order valence-electron chi connectivity index (χ0n) is 10.4. The second-order valence-electron chi connectivity index (χ2n) is 4.20. The number of benzene rings is 1. The molecular weight excluding hydrogens is 258 g/mol. The molecule has 0 aliphatic heterocycles. The maximum absolute atomic E-state index is 11.3. The lowest BCUT2D eigenvalue weighted by molar-refractivity contribution is -0.140. The Morgan fingerprint density at radius 3 is 2.53 bits per heavy atom. The number of carboxylic acids is 1. The van der Waals surface area contributed by atoms with Gasteiger partial charge in [-0.25, -0.2) is 4.98 Å². The van der Waals surface area contributed by atoms with Gasteiger partial charge in [0.1, 0.15) is 0 Å². The van der Waals surface area contributed by atoms with Gasteiger partial charge in [0.15, 0.2) is 0 Å². The molecule has 98 valence electrons. The SMILES string of the molecule is O=C(O)C(CSc1ccccn1)Cc1ccccc1. The maximum atomic E-state index is 11.3. The molecule has 1 aromatic heterocycles. The van der Waals surface area contributed by atoms with Gasteiger partial charge >= 0.3 is 5.97 Å². The quantitative estimate of drug-likeness (QED) is 0.822. The Hall–Kier alpha value is -1.81. The number of nitrogens with zero attached hydrogens (tertiary/aromatic N) is 1. The highest BCUT2D eigenvalue weighted by atomic mass is 32.2. The number of rotatable bonds is 6. The number of hydrogen-bond donors (Lipinski definition) is 1. The largest absolute Gasteiger partial charge is 0.481 e. The predicted octanol–water partition coefficient (Wildman–Crippen LogP) is 3.12. The molecule has 0 aliphatic rings. The highest BCUT2D eigenvalue weighted by Crippen LogP contribution is 2.20. The van der Waals surface area contributed by atoms with Gasteiger partial charge in [-0.3, -0.25) is 4.79 Å². The second-order valence-corrected chi connectivity index (χ2v) is 5.24. The first-order chi connectivity index (χ1) is 9.25. The smallest absolute Gasteiger partial charge is 0.307 e. The highest BCUT2D eigenvalue weighted by molar-refractivity contribution is 7.99. The first-order valence-electron chi connectivity index (χ1n) is 6.06. The lowest BCUT2D eigenvalue weighted by Gasteiger charge is -2.11. The highest BCUT2D eigenvalue weighted by Gasteiger charge is 2.18. The van der Waals surface area contributed by atoms with Gasteiger partial charge in [-0.15, -0.1) is 11.8 Å². The number of pyridine rings is 1. The van der Waals surface area contributed by atoms with Crippen LogP contribution in [0.5, 0.6) is 0 Å². The van der Waals surface area contributed by atoms with E-state index in [2.05, 4.69) is 4.98 Å². The first kappa shape index (κ1) is 13.6. The molecule has 0 amide bonds. The van der Waals surface area contributed by atoms with Crippen molar-refractivity contribution in [2.24, 2.45) is 5.92 Å². The lowest BCUT2D eigenvalue weighted by atomic mass is 10.0. The Balaban J connectivity index is 1.95. The van der Waals surface area contributed by atoms with Gasteiger partial charge in [-0.05, 0) is 24.1 Å². The van der Waals surface area contributed by atoms with Crippen LogP contribution in [0, 0.1) is 5.92 Å². The summed E-state index contributed by atoms with van der Waals surface area (Å²) in [6.07, 6.45) is 2.27. The molecule has 0 fully saturated rings. The van der Waals surface area contributed by atoms with E-state index in [1.807, 2.05) is 48.5 Å². The topological polar surface area (TPSA) is 50.2 Å². The van der Waals surface area contributed by atoms with E-state index in [1.165, 1.54) is 11.8 Å². The van der Waals surface area contributed by atoms with Crippen LogP contribution in [0.15, 0.2) is 59.8 Å². The van der Waals surface area contributed by atoms with Gasteiger partial charge < -0.3 is 5.11 Å². The van der Waals surface area contributed by atoms with Gasteiger partial charge in [0.2, 0.25) is 0 Å². The molecule has 0 spiro atoms. The lowest BCUT2D eigenvalue weighted by Crippen LogP contribution is -2.19. The van der Waals surface area contributed by atoms with Crippen LogP contribution in [0.4, 0.5) is 0 Å². The van der Waals surface area contributed by atoms with E-state index in [1.54, 1.807) is 6.20 Å². The minimum atomic E-state index is -0.757. The average molecular weight is 273 g/mol. The van der Waals surface area contributed by atoms with Crippen molar-refractivity contribution in [1.82, 2.24) is 4.98 Å². The van der Waals surface area contributed by atoms with E-state index >= 15 is 0 Å². The van der Waals surface area contributed by atoms with Gasteiger partial charge in [-0.1, -0.05) is 36.4 Å². The van der Waals surface area contributed by atoms with Crippen molar-refractivity contribution in [1.29, 1.82) is 0 Å². The molecule has 0 bridgehead atoms. The van der Waals surface area contributed by atoms with Crippen LogP contribution in [0.2, 0.25) is 0 Å². The van der Waals surface area contributed by atoms with Gasteiger partial charge in [0.05, 0.1) is 10.9 Å². The molecule has 2 rings (SSSR count). The Morgan fingerprint density at radius 2 is 1.89 bits per heavy atom. The van der Waals surface area contributed by atoms with Crippen molar-refractivity contribution in [3.8, 4) is 0 Å². The van der Waals surface area contributed by atoms with Crippen molar-refractivity contribution >= 4 is 17.7 Å². The minimum Gasteiger partial charge on any atom is -0.481 e. The van der Waals surface area contributed by atoms with E-state index in [0.29, 0.717) is 12.2 Å². The third kappa shape index (κ3) is 4.41. The molecule has 0 aliphatic carbocycles. The molecule has 1 aromatic carbocycles. The third-order valence-corrected chi connectivity index (χ3v) is 3.85. The number of thioether (sulfide) groups is 1. The van der Waals surface area contributed by atoms with Crippen LogP contribution in [0.3, 0.4) is 0 Å². The van der Waals surface area contributed by atoms with Crippen molar-refractivity contribution < 1.29 is 9.90 Å². The molecule has 0 saturated carbocycles. The number of aliphatic carboxylic acids is 1. The molecule has 1 atom stereocenters. The van der Waals surface area contributed by atoms with Crippen molar-refractivity contribution in [3.05, 3.63) is 60.3 Å². The molecule has 1 N–H and O–H groups in total. The van der Waals surface area contributed by atoms with Crippen LogP contribution >= 0.6 is 11.8 Å². The molecule has 2 aromatic rings. The van der Waals surface area contributed by atoms with Crippen LogP contribution in [-0.4, -0.2) is 21.8 Å². The summed E-state index contributed by atoms with van der Waals surface area (Å²) in [6.45, 7) is 0. The van der Waals surface area contributed by atoms with E-state index in [4.69, 9.17) is 0 Å². The molecule has 4 heteroatoms. The fraction of sp³-hybridized carbons (Fsp3) is 0.200. The van der Waals surface area contributed by atoms with Crippen molar-refractivity contribution in [3.63, 3.8) is 0 Å².